The second kappa shape index (κ2) is 6.39. The first-order valence-corrected chi connectivity index (χ1v) is 7.92. The molecule has 1 aliphatic rings. The van der Waals surface area contributed by atoms with E-state index in [1.807, 2.05) is 6.92 Å². The average Bonchev–Trinajstić information content (AvgIpc) is 2.89. The molecule has 1 aliphatic heterocycles. The van der Waals surface area contributed by atoms with Crippen molar-refractivity contribution in [2.24, 2.45) is 0 Å². The first kappa shape index (κ1) is 16.1. The Labute approximate surface area is 138 Å². The molecule has 6 nitrogen and oxygen atoms in total. The molecule has 0 saturated carbocycles. The van der Waals surface area contributed by atoms with Gasteiger partial charge in [-0.2, -0.15) is 0 Å². The summed E-state index contributed by atoms with van der Waals surface area (Å²) >= 11 is 6.07. The quantitative estimate of drug-likeness (QED) is 0.872. The number of nitrogens with one attached hydrogen (secondary N) is 1. The Hall–Kier alpha value is -1.76. The molecule has 0 spiro atoms. The maximum atomic E-state index is 12.5. The van der Waals surface area contributed by atoms with Crippen LogP contribution in [-0.4, -0.2) is 39.1 Å². The molecule has 0 aliphatic carbocycles. The smallest absolute Gasteiger partial charge is 0.261 e. The molecule has 0 amide bonds. The van der Waals surface area contributed by atoms with Crippen LogP contribution in [0.25, 0.3) is 10.9 Å². The van der Waals surface area contributed by atoms with E-state index in [1.54, 1.807) is 12.1 Å². The van der Waals surface area contributed by atoms with E-state index in [4.69, 9.17) is 11.6 Å². The van der Waals surface area contributed by atoms with Crippen LogP contribution in [0.3, 0.4) is 0 Å². The van der Waals surface area contributed by atoms with Gasteiger partial charge >= 0.3 is 0 Å². The van der Waals surface area contributed by atoms with Gasteiger partial charge in [0.2, 0.25) is 0 Å². The zero-order valence-corrected chi connectivity index (χ0v) is 13.5. The SMILES string of the molecule is Cc1cc2ncn(CC(=O)CC3NCCC3O)c(=O)c2cc1Cl. The Kier molecular flexibility index (Phi) is 4.48. The highest BCUT2D eigenvalue weighted by atomic mass is 35.5. The van der Waals surface area contributed by atoms with Crippen LogP contribution in [0.5, 0.6) is 0 Å². The number of aliphatic hydroxyl groups excluding tert-OH is 1. The molecule has 122 valence electrons. The highest BCUT2D eigenvalue weighted by Crippen LogP contribution is 2.19. The van der Waals surface area contributed by atoms with Crippen molar-refractivity contribution in [3.05, 3.63) is 39.4 Å². The van der Waals surface area contributed by atoms with Crippen LogP contribution in [0.1, 0.15) is 18.4 Å². The second-order valence-electron chi connectivity index (χ2n) is 5.96. The number of ketones is 1. The van der Waals surface area contributed by atoms with E-state index in [1.165, 1.54) is 10.9 Å². The summed E-state index contributed by atoms with van der Waals surface area (Å²) in [5, 5.41) is 13.7. The molecule has 1 aromatic carbocycles. The van der Waals surface area contributed by atoms with Crippen LogP contribution >= 0.6 is 11.6 Å². The summed E-state index contributed by atoms with van der Waals surface area (Å²) in [6, 6.07) is 3.11. The van der Waals surface area contributed by atoms with Gasteiger partial charge in [0.15, 0.2) is 5.78 Å². The number of benzene rings is 1. The molecule has 2 heterocycles. The molecule has 3 rings (SSSR count). The van der Waals surface area contributed by atoms with E-state index in [2.05, 4.69) is 10.3 Å². The van der Waals surface area contributed by atoms with Crippen LogP contribution in [0.4, 0.5) is 0 Å². The fourth-order valence-electron chi connectivity index (χ4n) is 2.86. The molecular formula is C16H18ClN3O3. The summed E-state index contributed by atoms with van der Waals surface area (Å²) in [4.78, 5) is 28.9. The van der Waals surface area contributed by atoms with Gasteiger partial charge in [-0.05, 0) is 37.6 Å². The molecule has 1 fully saturated rings. The van der Waals surface area contributed by atoms with Crippen molar-refractivity contribution in [1.29, 1.82) is 0 Å². The normalized spacial score (nSPS) is 21.0. The van der Waals surface area contributed by atoms with Gasteiger partial charge in [0.25, 0.3) is 5.56 Å². The zero-order chi connectivity index (χ0) is 16.6. The summed E-state index contributed by atoms with van der Waals surface area (Å²) in [6.07, 6.45) is 1.72. The number of Topliss-reactive ketones (excluding diaryl/α,β-unsaturated/α-hetero) is 1. The Morgan fingerprint density at radius 2 is 2.30 bits per heavy atom. The van der Waals surface area contributed by atoms with Crippen LogP contribution < -0.4 is 10.9 Å². The fourth-order valence-corrected chi connectivity index (χ4v) is 3.02. The standard InChI is InChI=1S/C16H18ClN3O3/c1-9-4-13-11(6-12(9)17)16(23)20(8-19-13)7-10(21)5-14-15(22)2-3-18-14/h4,6,8,14-15,18,22H,2-3,5,7H2,1H3. The summed E-state index contributed by atoms with van der Waals surface area (Å²) in [5.74, 6) is -0.120. The number of carbonyl (C=O) groups is 1. The number of halogens is 1. The van der Waals surface area contributed by atoms with E-state index < -0.39 is 6.10 Å². The number of fused-ring (bicyclic) bond motifs is 1. The summed E-state index contributed by atoms with van der Waals surface area (Å²) in [5.41, 5.74) is 1.12. The summed E-state index contributed by atoms with van der Waals surface area (Å²) in [6.45, 7) is 2.49. The summed E-state index contributed by atoms with van der Waals surface area (Å²) in [7, 11) is 0. The van der Waals surface area contributed by atoms with E-state index in [9.17, 15) is 14.7 Å². The van der Waals surface area contributed by atoms with Gasteiger partial charge in [-0.3, -0.25) is 14.2 Å². The third kappa shape index (κ3) is 3.29. The van der Waals surface area contributed by atoms with Crippen molar-refractivity contribution < 1.29 is 9.90 Å². The van der Waals surface area contributed by atoms with Gasteiger partial charge in [0, 0.05) is 17.5 Å². The molecule has 0 bridgehead atoms. The maximum Gasteiger partial charge on any atom is 0.261 e. The maximum absolute atomic E-state index is 12.5. The number of aromatic nitrogens is 2. The lowest BCUT2D eigenvalue weighted by Crippen LogP contribution is -2.34. The number of aryl methyl sites for hydroxylation is 1. The number of nitrogens with zero attached hydrogens (tertiary/aromatic N) is 2. The topological polar surface area (TPSA) is 84.2 Å². The predicted molar refractivity (Wildman–Crippen MR) is 87.8 cm³/mol. The second-order valence-corrected chi connectivity index (χ2v) is 6.36. The molecule has 2 aromatic rings. The van der Waals surface area contributed by atoms with Crippen molar-refractivity contribution in [1.82, 2.24) is 14.9 Å². The molecule has 1 aromatic heterocycles. The first-order valence-electron chi connectivity index (χ1n) is 7.54. The minimum atomic E-state index is -0.507. The number of carbonyl (C=O) groups excluding carboxylic acids is 1. The average molecular weight is 336 g/mol. The van der Waals surface area contributed by atoms with Crippen molar-refractivity contribution >= 4 is 28.3 Å². The highest BCUT2D eigenvalue weighted by molar-refractivity contribution is 6.32. The van der Waals surface area contributed by atoms with Crippen molar-refractivity contribution in [3.63, 3.8) is 0 Å². The van der Waals surface area contributed by atoms with Gasteiger partial charge in [0.1, 0.15) is 0 Å². The number of aliphatic hydroxyl groups is 1. The van der Waals surface area contributed by atoms with Crippen LogP contribution in [-0.2, 0) is 11.3 Å². The lowest BCUT2D eigenvalue weighted by Gasteiger charge is -2.14. The summed E-state index contributed by atoms with van der Waals surface area (Å²) < 4.78 is 1.29. The molecule has 2 N–H and O–H groups in total. The first-order chi connectivity index (χ1) is 11.0. The van der Waals surface area contributed by atoms with Gasteiger partial charge in [0.05, 0.1) is 29.9 Å². The number of rotatable bonds is 4. The van der Waals surface area contributed by atoms with Crippen molar-refractivity contribution in [2.75, 3.05) is 6.54 Å². The molecule has 2 unspecified atom stereocenters. The molecular weight excluding hydrogens is 318 g/mol. The van der Waals surface area contributed by atoms with E-state index >= 15 is 0 Å². The van der Waals surface area contributed by atoms with Gasteiger partial charge in [-0.15, -0.1) is 0 Å². The number of hydrogen-bond acceptors (Lipinski definition) is 5. The third-order valence-electron chi connectivity index (χ3n) is 4.21. The lowest BCUT2D eigenvalue weighted by molar-refractivity contribution is -0.120. The van der Waals surface area contributed by atoms with E-state index in [0.29, 0.717) is 28.9 Å². The number of hydrogen-bond donors (Lipinski definition) is 2. The van der Waals surface area contributed by atoms with Crippen LogP contribution in [0.2, 0.25) is 5.02 Å². The molecule has 0 radical (unpaired) electrons. The molecule has 23 heavy (non-hydrogen) atoms. The molecule has 2 atom stereocenters. The largest absolute Gasteiger partial charge is 0.391 e. The lowest BCUT2D eigenvalue weighted by atomic mass is 10.1. The Balaban J connectivity index is 1.83. The monoisotopic (exact) mass is 335 g/mol. The highest BCUT2D eigenvalue weighted by Gasteiger charge is 2.26. The predicted octanol–water partition coefficient (Wildman–Crippen LogP) is 1.04. The third-order valence-corrected chi connectivity index (χ3v) is 4.62. The van der Waals surface area contributed by atoms with Crippen LogP contribution in [0.15, 0.2) is 23.3 Å². The Morgan fingerprint density at radius 3 is 3.00 bits per heavy atom. The van der Waals surface area contributed by atoms with Gasteiger partial charge < -0.3 is 10.4 Å². The Bertz CT molecular complexity index is 818. The minimum absolute atomic E-state index is 0.0574. The molecule has 1 saturated heterocycles. The zero-order valence-electron chi connectivity index (χ0n) is 12.8. The van der Waals surface area contributed by atoms with Crippen molar-refractivity contribution in [2.45, 2.75) is 38.5 Å². The Morgan fingerprint density at radius 1 is 1.52 bits per heavy atom. The van der Waals surface area contributed by atoms with Crippen molar-refractivity contribution in [3.8, 4) is 0 Å². The van der Waals surface area contributed by atoms with Gasteiger partial charge in [-0.25, -0.2) is 4.98 Å². The fraction of sp³-hybridized carbons (Fsp3) is 0.438. The van der Waals surface area contributed by atoms with E-state index in [-0.39, 0.29) is 30.3 Å². The minimum Gasteiger partial charge on any atom is -0.391 e. The molecule has 7 heteroatoms. The van der Waals surface area contributed by atoms with E-state index in [0.717, 1.165) is 5.56 Å². The van der Waals surface area contributed by atoms with Gasteiger partial charge in [-0.1, -0.05) is 11.6 Å². The van der Waals surface area contributed by atoms with Crippen LogP contribution in [0, 0.1) is 6.92 Å².